The van der Waals surface area contributed by atoms with Crippen LogP contribution in [0.4, 0.5) is 5.69 Å². The number of hydrogen-bond donors (Lipinski definition) is 2. The van der Waals surface area contributed by atoms with Gasteiger partial charge in [-0.25, -0.2) is 18.5 Å². The lowest BCUT2D eigenvalue weighted by molar-refractivity contribution is 0.598. The molecular formula is C12H15N3O2S2. The molecular weight excluding hydrogens is 282 g/mol. The van der Waals surface area contributed by atoms with Crippen molar-refractivity contribution in [3.63, 3.8) is 0 Å². The third-order valence-electron chi connectivity index (χ3n) is 2.57. The zero-order chi connectivity index (χ0) is 14.0. The number of nitrogens with zero attached hydrogens (tertiary/aromatic N) is 1. The lowest BCUT2D eigenvalue weighted by Gasteiger charge is -2.12. The summed E-state index contributed by atoms with van der Waals surface area (Å²) in [6, 6.07) is 6.42. The number of hydrogen-bond acceptors (Lipinski definition) is 5. The number of aryl methyl sites for hydroxylation is 1. The van der Waals surface area contributed by atoms with Crippen LogP contribution in [0.3, 0.4) is 0 Å². The van der Waals surface area contributed by atoms with Crippen molar-refractivity contribution in [1.29, 1.82) is 0 Å². The van der Waals surface area contributed by atoms with Gasteiger partial charge in [0.1, 0.15) is 5.01 Å². The second kappa shape index (κ2) is 5.28. The Morgan fingerprint density at radius 2 is 1.95 bits per heavy atom. The molecule has 0 saturated heterocycles. The van der Waals surface area contributed by atoms with Crippen molar-refractivity contribution in [2.24, 2.45) is 5.14 Å². The maximum Gasteiger partial charge on any atom is 0.238 e. The number of nitrogens with one attached hydrogen (secondary N) is 1. The molecule has 0 bridgehead atoms. The number of benzene rings is 1. The van der Waals surface area contributed by atoms with Gasteiger partial charge in [-0.15, -0.1) is 11.3 Å². The molecule has 0 spiro atoms. The van der Waals surface area contributed by atoms with Crippen molar-refractivity contribution in [2.75, 3.05) is 5.32 Å². The van der Waals surface area contributed by atoms with Crippen LogP contribution in [0.1, 0.15) is 23.7 Å². The summed E-state index contributed by atoms with van der Waals surface area (Å²) < 4.78 is 22.3. The molecule has 0 amide bonds. The molecule has 1 aromatic heterocycles. The largest absolute Gasteiger partial charge is 0.376 e. The molecule has 2 rings (SSSR count). The topological polar surface area (TPSA) is 85.1 Å². The molecule has 0 aliphatic rings. The first-order valence-electron chi connectivity index (χ1n) is 5.67. The lowest BCUT2D eigenvalue weighted by atomic mass is 10.3. The van der Waals surface area contributed by atoms with E-state index < -0.39 is 10.0 Å². The van der Waals surface area contributed by atoms with E-state index in [2.05, 4.69) is 10.3 Å². The van der Waals surface area contributed by atoms with E-state index in [1.807, 2.05) is 19.2 Å². The Bertz CT molecular complexity index is 663. The van der Waals surface area contributed by atoms with Crippen molar-refractivity contribution in [1.82, 2.24) is 4.98 Å². The van der Waals surface area contributed by atoms with Crippen LogP contribution in [0.25, 0.3) is 0 Å². The molecule has 2 aromatic rings. The first kappa shape index (κ1) is 14.0. The van der Waals surface area contributed by atoms with Crippen molar-refractivity contribution in [3.8, 4) is 0 Å². The van der Waals surface area contributed by atoms with Crippen LogP contribution in [0.2, 0.25) is 0 Å². The number of thiazole rings is 1. The molecule has 0 fully saturated rings. The zero-order valence-electron chi connectivity index (χ0n) is 10.6. The van der Waals surface area contributed by atoms with Crippen LogP contribution in [0.5, 0.6) is 0 Å². The molecule has 3 N–H and O–H groups in total. The van der Waals surface area contributed by atoms with Gasteiger partial charge in [-0.1, -0.05) is 0 Å². The van der Waals surface area contributed by atoms with Crippen molar-refractivity contribution < 1.29 is 8.42 Å². The number of aromatic nitrogens is 1. The normalized spacial score (nSPS) is 13.2. The summed E-state index contributed by atoms with van der Waals surface area (Å²) in [6.07, 6.45) is 0. The number of nitrogens with two attached hydrogens (primary N) is 1. The van der Waals surface area contributed by atoms with Gasteiger partial charge in [0.2, 0.25) is 10.0 Å². The monoisotopic (exact) mass is 297 g/mol. The molecule has 0 radical (unpaired) electrons. The highest BCUT2D eigenvalue weighted by atomic mass is 32.2. The van der Waals surface area contributed by atoms with Crippen molar-refractivity contribution >= 4 is 27.0 Å². The average molecular weight is 297 g/mol. The fraction of sp³-hybridized carbons (Fsp3) is 0.250. The maximum atomic E-state index is 11.1. The highest BCUT2D eigenvalue weighted by Crippen LogP contribution is 2.22. The van der Waals surface area contributed by atoms with Gasteiger partial charge < -0.3 is 5.32 Å². The van der Waals surface area contributed by atoms with E-state index in [1.54, 1.807) is 23.5 Å². The molecule has 1 heterocycles. The maximum absolute atomic E-state index is 11.1. The van der Waals surface area contributed by atoms with E-state index in [0.29, 0.717) is 0 Å². The quantitative estimate of drug-likeness (QED) is 0.906. The Hall–Kier alpha value is -1.44. The molecule has 7 heteroatoms. The molecule has 102 valence electrons. The zero-order valence-corrected chi connectivity index (χ0v) is 12.3. The summed E-state index contributed by atoms with van der Waals surface area (Å²) in [5, 5.41) is 11.3. The van der Waals surface area contributed by atoms with Crippen LogP contribution in [0, 0.1) is 6.92 Å². The van der Waals surface area contributed by atoms with Gasteiger partial charge in [0.15, 0.2) is 0 Å². The standard InChI is InChI=1S/C12H15N3O2S2/c1-8-7-18-12(14-8)9(2)15-10-3-5-11(6-4-10)19(13,16)17/h3-7,9,15H,1-2H3,(H2,13,16,17). The van der Waals surface area contributed by atoms with Gasteiger partial charge in [0, 0.05) is 16.8 Å². The van der Waals surface area contributed by atoms with E-state index in [4.69, 9.17) is 5.14 Å². The van der Waals surface area contributed by atoms with Crippen LogP contribution < -0.4 is 10.5 Å². The highest BCUT2D eigenvalue weighted by molar-refractivity contribution is 7.89. The summed E-state index contributed by atoms with van der Waals surface area (Å²) in [5.74, 6) is 0. The molecule has 1 unspecified atom stereocenters. The smallest absolute Gasteiger partial charge is 0.238 e. The minimum Gasteiger partial charge on any atom is -0.376 e. The van der Waals surface area contributed by atoms with E-state index in [1.165, 1.54) is 12.1 Å². The van der Waals surface area contributed by atoms with Crippen LogP contribution in [0.15, 0.2) is 34.5 Å². The third kappa shape index (κ3) is 3.52. The number of sulfonamides is 1. The predicted octanol–water partition coefficient (Wildman–Crippen LogP) is 2.27. The Morgan fingerprint density at radius 3 is 2.42 bits per heavy atom. The van der Waals surface area contributed by atoms with Gasteiger partial charge >= 0.3 is 0 Å². The molecule has 0 aliphatic carbocycles. The SMILES string of the molecule is Cc1csc(C(C)Nc2ccc(S(N)(=O)=O)cc2)n1. The molecule has 0 saturated carbocycles. The summed E-state index contributed by atoms with van der Waals surface area (Å²) >= 11 is 1.59. The Morgan fingerprint density at radius 1 is 1.32 bits per heavy atom. The minimum atomic E-state index is -3.63. The van der Waals surface area contributed by atoms with E-state index in [-0.39, 0.29) is 10.9 Å². The molecule has 1 atom stereocenters. The van der Waals surface area contributed by atoms with Crippen molar-refractivity contribution in [3.05, 3.63) is 40.3 Å². The molecule has 1 aromatic carbocycles. The first-order valence-corrected chi connectivity index (χ1v) is 8.10. The van der Waals surface area contributed by atoms with Gasteiger partial charge in [-0.2, -0.15) is 0 Å². The minimum absolute atomic E-state index is 0.0685. The van der Waals surface area contributed by atoms with Gasteiger partial charge in [-0.3, -0.25) is 0 Å². The van der Waals surface area contributed by atoms with E-state index >= 15 is 0 Å². The number of primary sulfonamides is 1. The fourth-order valence-electron chi connectivity index (χ4n) is 1.62. The number of rotatable bonds is 4. The second-order valence-corrected chi connectivity index (χ2v) is 6.71. The summed E-state index contributed by atoms with van der Waals surface area (Å²) in [7, 11) is -3.63. The summed E-state index contributed by atoms with van der Waals surface area (Å²) in [5.41, 5.74) is 1.82. The van der Waals surface area contributed by atoms with Gasteiger partial charge in [0.05, 0.1) is 10.9 Å². The third-order valence-corrected chi connectivity index (χ3v) is 4.65. The van der Waals surface area contributed by atoms with Gasteiger partial charge in [0.25, 0.3) is 0 Å². The Kier molecular flexibility index (Phi) is 3.88. The average Bonchev–Trinajstić information content (AvgIpc) is 2.75. The van der Waals surface area contributed by atoms with Crippen LogP contribution in [-0.4, -0.2) is 13.4 Å². The first-order chi connectivity index (χ1) is 8.86. The summed E-state index contributed by atoms with van der Waals surface area (Å²) in [4.78, 5) is 4.51. The summed E-state index contributed by atoms with van der Waals surface area (Å²) in [6.45, 7) is 3.96. The van der Waals surface area contributed by atoms with E-state index in [9.17, 15) is 8.42 Å². The predicted molar refractivity (Wildman–Crippen MR) is 76.7 cm³/mol. The second-order valence-electron chi connectivity index (χ2n) is 4.26. The molecule has 0 aliphatic heterocycles. The van der Waals surface area contributed by atoms with Crippen LogP contribution >= 0.6 is 11.3 Å². The molecule has 19 heavy (non-hydrogen) atoms. The molecule has 5 nitrogen and oxygen atoms in total. The van der Waals surface area contributed by atoms with Crippen molar-refractivity contribution in [2.45, 2.75) is 24.8 Å². The fourth-order valence-corrected chi connectivity index (χ4v) is 2.94. The lowest BCUT2D eigenvalue weighted by Crippen LogP contribution is -2.12. The van der Waals surface area contributed by atoms with Crippen LogP contribution in [-0.2, 0) is 10.0 Å². The number of anilines is 1. The Balaban J connectivity index is 2.12. The Labute approximate surface area is 116 Å². The van der Waals surface area contributed by atoms with E-state index in [0.717, 1.165) is 16.4 Å². The highest BCUT2D eigenvalue weighted by Gasteiger charge is 2.10. The van der Waals surface area contributed by atoms with Gasteiger partial charge in [-0.05, 0) is 38.1 Å².